The van der Waals surface area contributed by atoms with E-state index >= 15 is 0 Å². The lowest BCUT2D eigenvalue weighted by atomic mass is 10.1. The zero-order chi connectivity index (χ0) is 19.8. The number of hydrogen-bond donors (Lipinski definition) is 2. The SMILES string of the molecule is COc1c(O)c(O)c2c(oc3oc(C=Cc4ccccc4)cc(=O)c32)c1OC. The third kappa shape index (κ3) is 2.64. The van der Waals surface area contributed by atoms with Crippen molar-refractivity contribution in [2.75, 3.05) is 14.2 Å². The molecule has 2 heterocycles. The zero-order valence-corrected chi connectivity index (χ0v) is 15.1. The van der Waals surface area contributed by atoms with E-state index in [9.17, 15) is 15.0 Å². The number of furan rings is 1. The molecule has 4 aromatic rings. The molecule has 0 aliphatic carbocycles. The standard InChI is InChI=1S/C21H16O7/c1-25-19-17(24)16(23)15-14-13(22)10-12(9-8-11-6-4-3-5-7-11)27-21(14)28-18(15)20(19)26-2/h3-10,23-24H,1-2H3. The predicted octanol–water partition coefficient (Wildman–Crippen LogP) is 4.14. The number of benzene rings is 2. The number of ether oxygens (including phenoxy) is 2. The van der Waals surface area contributed by atoms with E-state index in [1.807, 2.05) is 30.3 Å². The molecule has 0 saturated carbocycles. The van der Waals surface area contributed by atoms with Crippen LogP contribution in [0.3, 0.4) is 0 Å². The van der Waals surface area contributed by atoms with Crippen LogP contribution >= 0.6 is 0 Å². The van der Waals surface area contributed by atoms with Crippen molar-refractivity contribution in [2.45, 2.75) is 0 Å². The second-order valence-electron chi connectivity index (χ2n) is 5.99. The lowest BCUT2D eigenvalue weighted by molar-refractivity contribution is 0.321. The number of aromatic hydroxyl groups is 2. The van der Waals surface area contributed by atoms with Gasteiger partial charge >= 0.3 is 5.78 Å². The summed E-state index contributed by atoms with van der Waals surface area (Å²) in [6.45, 7) is 0. The lowest BCUT2D eigenvalue weighted by Crippen LogP contribution is -1.99. The largest absolute Gasteiger partial charge is 0.504 e. The van der Waals surface area contributed by atoms with E-state index in [-0.39, 0.29) is 39.4 Å². The van der Waals surface area contributed by atoms with Gasteiger partial charge in [-0.05, 0) is 11.6 Å². The molecular formula is C21H16O7. The summed E-state index contributed by atoms with van der Waals surface area (Å²) >= 11 is 0. The monoisotopic (exact) mass is 380 g/mol. The fourth-order valence-corrected chi connectivity index (χ4v) is 3.07. The summed E-state index contributed by atoms with van der Waals surface area (Å²) in [5.41, 5.74) is 0.535. The van der Waals surface area contributed by atoms with Gasteiger partial charge in [0.25, 0.3) is 0 Å². The first-order valence-electron chi connectivity index (χ1n) is 8.34. The Morgan fingerprint density at radius 3 is 2.29 bits per heavy atom. The van der Waals surface area contributed by atoms with Crippen molar-refractivity contribution in [1.29, 1.82) is 0 Å². The lowest BCUT2D eigenvalue weighted by Gasteiger charge is -2.10. The van der Waals surface area contributed by atoms with Gasteiger partial charge in [0.2, 0.25) is 17.2 Å². The Kier molecular flexibility index (Phi) is 4.19. The molecule has 28 heavy (non-hydrogen) atoms. The average molecular weight is 380 g/mol. The van der Waals surface area contributed by atoms with Gasteiger partial charge < -0.3 is 28.5 Å². The van der Waals surface area contributed by atoms with E-state index < -0.39 is 16.9 Å². The molecule has 2 N–H and O–H groups in total. The first-order valence-corrected chi connectivity index (χ1v) is 8.34. The van der Waals surface area contributed by atoms with Crippen LogP contribution in [0.4, 0.5) is 0 Å². The van der Waals surface area contributed by atoms with Crippen LogP contribution in [0.2, 0.25) is 0 Å². The van der Waals surface area contributed by atoms with Crippen LogP contribution < -0.4 is 14.9 Å². The molecule has 4 rings (SSSR count). The highest BCUT2D eigenvalue weighted by atomic mass is 16.5. The Morgan fingerprint density at radius 1 is 0.893 bits per heavy atom. The number of methoxy groups -OCH3 is 2. The first kappa shape index (κ1) is 17.5. The Morgan fingerprint density at radius 2 is 1.61 bits per heavy atom. The number of hydrogen-bond acceptors (Lipinski definition) is 7. The summed E-state index contributed by atoms with van der Waals surface area (Å²) in [4.78, 5) is 12.7. The minimum atomic E-state index is -0.554. The molecule has 0 radical (unpaired) electrons. The normalized spacial score (nSPS) is 11.5. The maximum absolute atomic E-state index is 12.7. The Bertz CT molecular complexity index is 1260. The molecule has 0 aliphatic heterocycles. The van der Waals surface area contributed by atoms with Gasteiger partial charge in [0.1, 0.15) is 11.1 Å². The minimum absolute atomic E-state index is 0.000569. The molecule has 0 aliphatic rings. The van der Waals surface area contributed by atoms with Gasteiger partial charge in [0.05, 0.1) is 19.6 Å². The van der Waals surface area contributed by atoms with Crippen LogP contribution in [-0.2, 0) is 0 Å². The Hall–Kier alpha value is -3.87. The maximum atomic E-state index is 12.7. The molecule has 0 amide bonds. The van der Waals surface area contributed by atoms with Gasteiger partial charge in [-0.1, -0.05) is 36.4 Å². The van der Waals surface area contributed by atoms with Crippen LogP contribution in [-0.4, -0.2) is 24.4 Å². The van der Waals surface area contributed by atoms with Crippen LogP contribution in [0.25, 0.3) is 34.3 Å². The van der Waals surface area contributed by atoms with Gasteiger partial charge in [-0.15, -0.1) is 0 Å². The highest BCUT2D eigenvalue weighted by Crippen LogP contribution is 2.52. The first-order chi connectivity index (χ1) is 13.5. The molecule has 142 valence electrons. The topological polar surface area (TPSA) is 102 Å². The molecule has 7 nitrogen and oxygen atoms in total. The molecule has 7 heteroatoms. The molecule has 0 fully saturated rings. The molecule has 2 aromatic heterocycles. The third-order valence-corrected chi connectivity index (χ3v) is 4.34. The van der Waals surface area contributed by atoms with Crippen LogP contribution in [0.1, 0.15) is 11.3 Å². The Balaban J connectivity index is 1.97. The van der Waals surface area contributed by atoms with E-state index in [1.54, 1.807) is 12.2 Å². The van der Waals surface area contributed by atoms with Crippen molar-refractivity contribution in [3.8, 4) is 23.0 Å². The predicted molar refractivity (Wildman–Crippen MR) is 104 cm³/mol. The summed E-state index contributed by atoms with van der Waals surface area (Å²) in [7, 11) is 2.66. The van der Waals surface area contributed by atoms with E-state index in [0.717, 1.165) is 5.56 Å². The highest BCUT2D eigenvalue weighted by Gasteiger charge is 2.28. The number of phenols is 2. The van der Waals surface area contributed by atoms with Crippen molar-refractivity contribution in [1.82, 2.24) is 0 Å². The van der Waals surface area contributed by atoms with Crippen LogP contribution in [0.15, 0.2) is 50.0 Å². The molecule has 0 atom stereocenters. The number of phenolic OH excluding ortho intramolecular Hbond substituents is 2. The van der Waals surface area contributed by atoms with Gasteiger partial charge in [0.15, 0.2) is 16.8 Å². The van der Waals surface area contributed by atoms with Crippen LogP contribution in [0, 0.1) is 0 Å². The third-order valence-electron chi connectivity index (χ3n) is 4.34. The molecule has 0 spiro atoms. The molecule has 2 aromatic carbocycles. The molecule has 0 unspecified atom stereocenters. The van der Waals surface area contributed by atoms with Crippen LogP contribution in [0.5, 0.6) is 23.0 Å². The van der Waals surface area contributed by atoms with Gasteiger partial charge in [-0.25, -0.2) is 0 Å². The smallest absolute Gasteiger partial charge is 0.302 e. The summed E-state index contributed by atoms with van der Waals surface area (Å²) in [5.74, 6) is -0.997. The molecule has 0 saturated heterocycles. The minimum Gasteiger partial charge on any atom is -0.504 e. The number of rotatable bonds is 4. The average Bonchev–Trinajstić information content (AvgIpc) is 3.09. The molecule has 0 bridgehead atoms. The zero-order valence-electron chi connectivity index (χ0n) is 15.1. The van der Waals surface area contributed by atoms with E-state index in [1.165, 1.54) is 20.3 Å². The van der Waals surface area contributed by atoms with Gasteiger partial charge in [-0.3, -0.25) is 4.79 Å². The summed E-state index contributed by atoms with van der Waals surface area (Å²) in [5, 5.41) is 20.6. The highest BCUT2D eigenvalue weighted by molar-refractivity contribution is 6.11. The van der Waals surface area contributed by atoms with Crippen molar-refractivity contribution in [3.63, 3.8) is 0 Å². The van der Waals surface area contributed by atoms with Gasteiger partial charge in [0, 0.05) is 6.07 Å². The maximum Gasteiger partial charge on any atom is 0.302 e. The Labute approximate surface area is 158 Å². The van der Waals surface area contributed by atoms with E-state index in [0.29, 0.717) is 0 Å². The fourth-order valence-electron chi connectivity index (χ4n) is 3.07. The molecular weight excluding hydrogens is 364 g/mol. The summed E-state index contributed by atoms with van der Waals surface area (Å²) < 4.78 is 21.6. The summed E-state index contributed by atoms with van der Waals surface area (Å²) in [6, 6.07) is 10.8. The second kappa shape index (κ2) is 6.70. The number of fused-ring (bicyclic) bond motifs is 3. The van der Waals surface area contributed by atoms with Gasteiger partial charge in [-0.2, -0.15) is 0 Å². The van der Waals surface area contributed by atoms with E-state index in [4.69, 9.17) is 18.3 Å². The van der Waals surface area contributed by atoms with E-state index in [2.05, 4.69) is 0 Å². The van der Waals surface area contributed by atoms with Crippen molar-refractivity contribution in [3.05, 3.63) is 57.9 Å². The summed E-state index contributed by atoms with van der Waals surface area (Å²) in [6.07, 6.45) is 3.43. The van der Waals surface area contributed by atoms with Crippen molar-refractivity contribution in [2.24, 2.45) is 0 Å². The van der Waals surface area contributed by atoms with Crippen molar-refractivity contribution >= 4 is 34.3 Å². The quantitative estimate of drug-likeness (QED) is 0.513. The fraction of sp³-hybridized carbons (Fsp3) is 0.0952. The van der Waals surface area contributed by atoms with Crippen molar-refractivity contribution < 1.29 is 28.5 Å². The second-order valence-corrected chi connectivity index (χ2v) is 5.99.